The molecule has 4 heteroatoms. The van der Waals surface area contributed by atoms with E-state index in [0.29, 0.717) is 12.5 Å². The van der Waals surface area contributed by atoms with E-state index in [4.69, 9.17) is 9.15 Å². The van der Waals surface area contributed by atoms with Crippen LogP contribution in [0.4, 0.5) is 5.69 Å². The second-order valence-corrected chi connectivity index (χ2v) is 8.58. The van der Waals surface area contributed by atoms with Crippen molar-refractivity contribution in [1.82, 2.24) is 0 Å². The van der Waals surface area contributed by atoms with E-state index in [9.17, 15) is 4.79 Å². The maximum absolute atomic E-state index is 12.7. The lowest BCUT2D eigenvalue weighted by atomic mass is 9.94. The Balaban J connectivity index is 1.63. The molecular weight excluding hydrogens is 386 g/mol. The first kappa shape index (κ1) is 21.2. The zero-order chi connectivity index (χ0) is 22.0. The Bertz CT molecular complexity index is 1120. The molecule has 0 saturated carbocycles. The number of hydrogen-bond donors (Lipinski definition) is 1. The number of allylic oxidation sites excluding steroid dienone is 1. The summed E-state index contributed by atoms with van der Waals surface area (Å²) in [5, 5.41) is 4.11. The van der Waals surface area contributed by atoms with Crippen molar-refractivity contribution < 1.29 is 13.9 Å². The second kappa shape index (κ2) is 9.01. The molecule has 0 aliphatic heterocycles. The molecule has 0 spiro atoms. The molecule has 0 fully saturated rings. The Kier molecular flexibility index (Phi) is 6.17. The number of carbonyl (C=O) groups is 1. The first-order valence-corrected chi connectivity index (χ1v) is 11.3. The first-order valence-electron chi connectivity index (χ1n) is 11.3. The number of carbonyl (C=O) groups excluding carboxylic acids is 1. The van der Waals surface area contributed by atoms with Crippen molar-refractivity contribution in [3.05, 3.63) is 64.9 Å². The molecule has 0 saturated heterocycles. The second-order valence-electron chi connectivity index (χ2n) is 8.58. The molecule has 0 bridgehead atoms. The summed E-state index contributed by atoms with van der Waals surface area (Å²) in [6.07, 6.45) is 6.06. The molecule has 0 atom stereocenters. The molecule has 1 aliphatic carbocycles. The number of benzene rings is 2. The first-order chi connectivity index (χ1) is 15.0. The molecule has 0 unspecified atom stereocenters. The molecule has 1 aromatic heterocycles. The minimum atomic E-state index is -0.147. The third-order valence-corrected chi connectivity index (χ3v) is 5.97. The largest absolute Gasteiger partial charge is 0.493 e. The van der Waals surface area contributed by atoms with Crippen LogP contribution in [0.25, 0.3) is 16.5 Å². The van der Waals surface area contributed by atoms with Crippen molar-refractivity contribution >= 4 is 28.1 Å². The van der Waals surface area contributed by atoms with Gasteiger partial charge in [0.15, 0.2) is 0 Å². The number of amides is 1. The molecule has 3 aromatic rings. The van der Waals surface area contributed by atoms with Gasteiger partial charge in [-0.1, -0.05) is 26.0 Å². The standard InChI is InChI=1S/C27H31NO3/c1-5-30-25-16-26-23(21-8-6-7-9-24(21)31-26)15-22(25)18(4)14-27(29)28-20-12-10-19(11-13-20)17(2)3/h10-17H,5-9H2,1-4H3,(H,28,29)/b18-14+. The maximum atomic E-state index is 12.7. The van der Waals surface area contributed by atoms with Crippen LogP contribution in [-0.4, -0.2) is 12.5 Å². The zero-order valence-electron chi connectivity index (χ0n) is 18.9. The molecule has 162 valence electrons. The van der Waals surface area contributed by atoms with Gasteiger partial charge >= 0.3 is 0 Å². The number of fused-ring (bicyclic) bond motifs is 3. The highest BCUT2D eigenvalue weighted by atomic mass is 16.5. The summed E-state index contributed by atoms with van der Waals surface area (Å²) in [4.78, 5) is 12.7. The summed E-state index contributed by atoms with van der Waals surface area (Å²) >= 11 is 0. The number of furan rings is 1. The van der Waals surface area contributed by atoms with Gasteiger partial charge in [0.1, 0.15) is 17.1 Å². The van der Waals surface area contributed by atoms with E-state index in [-0.39, 0.29) is 5.91 Å². The Labute approximate surface area is 184 Å². The third-order valence-electron chi connectivity index (χ3n) is 5.97. The van der Waals surface area contributed by atoms with Gasteiger partial charge < -0.3 is 14.5 Å². The van der Waals surface area contributed by atoms with Gasteiger partial charge in [0.05, 0.1) is 6.61 Å². The highest BCUT2D eigenvalue weighted by Crippen LogP contribution is 2.38. The van der Waals surface area contributed by atoms with Crippen molar-refractivity contribution in [3.8, 4) is 5.75 Å². The molecule has 1 amide bonds. The highest BCUT2D eigenvalue weighted by molar-refractivity contribution is 6.04. The molecule has 1 N–H and O–H groups in total. The molecule has 1 aliphatic rings. The van der Waals surface area contributed by atoms with Crippen LogP contribution in [0.5, 0.6) is 5.75 Å². The van der Waals surface area contributed by atoms with Gasteiger partial charge in [0, 0.05) is 40.8 Å². The van der Waals surface area contributed by atoms with Gasteiger partial charge in [-0.2, -0.15) is 0 Å². The summed E-state index contributed by atoms with van der Waals surface area (Å²) in [7, 11) is 0. The molecule has 0 radical (unpaired) electrons. The van der Waals surface area contributed by atoms with Gasteiger partial charge in [-0.25, -0.2) is 0 Å². The monoisotopic (exact) mass is 417 g/mol. The van der Waals surface area contributed by atoms with Crippen molar-refractivity contribution in [3.63, 3.8) is 0 Å². The molecule has 2 aromatic carbocycles. The van der Waals surface area contributed by atoms with Crippen LogP contribution in [0.3, 0.4) is 0 Å². The fourth-order valence-electron chi connectivity index (χ4n) is 4.28. The molecule has 4 nitrogen and oxygen atoms in total. The van der Waals surface area contributed by atoms with Crippen molar-refractivity contribution in [2.45, 2.75) is 59.3 Å². The van der Waals surface area contributed by atoms with Gasteiger partial charge in [-0.15, -0.1) is 0 Å². The summed E-state index contributed by atoms with van der Waals surface area (Å²) in [6, 6.07) is 12.1. The average molecular weight is 418 g/mol. The van der Waals surface area contributed by atoms with Gasteiger partial charge in [0.25, 0.3) is 0 Å². The van der Waals surface area contributed by atoms with Crippen LogP contribution in [0, 0.1) is 0 Å². The van der Waals surface area contributed by atoms with Crippen LogP contribution in [0.1, 0.15) is 68.9 Å². The van der Waals surface area contributed by atoms with E-state index >= 15 is 0 Å². The lowest BCUT2D eigenvalue weighted by Gasteiger charge is -2.12. The van der Waals surface area contributed by atoms with E-state index < -0.39 is 0 Å². The van der Waals surface area contributed by atoms with E-state index in [2.05, 4.69) is 37.4 Å². The summed E-state index contributed by atoms with van der Waals surface area (Å²) in [5.74, 6) is 2.17. The van der Waals surface area contributed by atoms with Crippen molar-refractivity contribution in [1.29, 1.82) is 0 Å². The highest BCUT2D eigenvalue weighted by Gasteiger charge is 2.20. The van der Waals surface area contributed by atoms with Crippen LogP contribution in [0.15, 0.2) is 46.9 Å². The topological polar surface area (TPSA) is 51.5 Å². The van der Waals surface area contributed by atoms with Gasteiger partial charge in [0.2, 0.25) is 5.91 Å². The summed E-state index contributed by atoms with van der Waals surface area (Å²) in [6.45, 7) is 8.79. The normalized spacial score (nSPS) is 14.0. The van der Waals surface area contributed by atoms with Crippen LogP contribution >= 0.6 is 0 Å². The van der Waals surface area contributed by atoms with Crippen molar-refractivity contribution in [2.75, 3.05) is 11.9 Å². The molecule has 31 heavy (non-hydrogen) atoms. The average Bonchev–Trinajstić information content (AvgIpc) is 3.11. The summed E-state index contributed by atoms with van der Waals surface area (Å²) < 4.78 is 12.0. The Morgan fingerprint density at radius 2 is 1.90 bits per heavy atom. The zero-order valence-corrected chi connectivity index (χ0v) is 18.9. The van der Waals surface area contributed by atoms with E-state index in [1.165, 1.54) is 24.0 Å². The van der Waals surface area contributed by atoms with E-state index in [0.717, 1.165) is 52.1 Å². The summed E-state index contributed by atoms with van der Waals surface area (Å²) in [5.41, 5.74) is 6.04. The number of aryl methyl sites for hydroxylation is 2. The number of rotatable bonds is 6. The molecule has 1 heterocycles. The van der Waals surface area contributed by atoms with Crippen LogP contribution < -0.4 is 10.1 Å². The molecule has 4 rings (SSSR count). The predicted molar refractivity (Wildman–Crippen MR) is 127 cm³/mol. The Morgan fingerprint density at radius 1 is 1.16 bits per heavy atom. The fourth-order valence-corrected chi connectivity index (χ4v) is 4.28. The van der Waals surface area contributed by atoms with Gasteiger partial charge in [-0.3, -0.25) is 4.79 Å². The fraction of sp³-hybridized carbons (Fsp3) is 0.370. The predicted octanol–water partition coefficient (Wildman–Crippen LogP) is 6.88. The SMILES string of the molecule is CCOc1cc2oc3c(c2cc1/C(C)=C/C(=O)Nc1ccc(C(C)C)cc1)CCCC3. The Morgan fingerprint density at radius 3 is 2.61 bits per heavy atom. The van der Waals surface area contributed by atoms with E-state index in [1.54, 1.807) is 6.08 Å². The lowest BCUT2D eigenvalue weighted by Crippen LogP contribution is -2.09. The van der Waals surface area contributed by atoms with Crippen LogP contribution in [-0.2, 0) is 17.6 Å². The Hall–Kier alpha value is -3.01. The van der Waals surface area contributed by atoms with Gasteiger partial charge in [-0.05, 0) is 68.4 Å². The minimum Gasteiger partial charge on any atom is -0.493 e. The number of hydrogen-bond acceptors (Lipinski definition) is 3. The maximum Gasteiger partial charge on any atom is 0.248 e. The number of nitrogens with one attached hydrogen (secondary N) is 1. The minimum absolute atomic E-state index is 0.147. The van der Waals surface area contributed by atoms with Crippen molar-refractivity contribution in [2.24, 2.45) is 0 Å². The third kappa shape index (κ3) is 4.53. The number of anilines is 1. The van der Waals surface area contributed by atoms with E-state index in [1.807, 2.05) is 32.0 Å². The number of ether oxygens (including phenoxy) is 1. The molecular formula is C27H31NO3. The smallest absolute Gasteiger partial charge is 0.248 e. The lowest BCUT2D eigenvalue weighted by molar-refractivity contribution is -0.111. The quantitative estimate of drug-likeness (QED) is 0.445. The van der Waals surface area contributed by atoms with Crippen LogP contribution in [0.2, 0.25) is 0 Å².